The van der Waals surface area contributed by atoms with Crippen molar-refractivity contribution >= 4 is 28.6 Å². The third kappa shape index (κ3) is 4.31. The predicted molar refractivity (Wildman–Crippen MR) is 124 cm³/mol. The number of benzene rings is 1. The van der Waals surface area contributed by atoms with E-state index in [0.29, 0.717) is 23.8 Å². The van der Waals surface area contributed by atoms with Crippen molar-refractivity contribution < 1.29 is 10.2 Å². The summed E-state index contributed by atoms with van der Waals surface area (Å²) in [5.41, 5.74) is 4.04. The highest BCUT2D eigenvalue weighted by molar-refractivity contribution is 7.15. The number of hydrogen-bond donors (Lipinski definition) is 3. The molecule has 1 unspecified atom stereocenters. The van der Waals surface area contributed by atoms with Gasteiger partial charge in [-0.25, -0.2) is 0 Å². The largest absolute Gasteiger partial charge is 0.392 e. The highest BCUT2D eigenvalue weighted by atomic mass is 35.5. The molecule has 0 radical (unpaired) electrons. The van der Waals surface area contributed by atoms with Crippen molar-refractivity contribution in [3.63, 3.8) is 0 Å². The van der Waals surface area contributed by atoms with Gasteiger partial charge in [-0.05, 0) is 45.4 Å². The molecule has 0 aliphatic carbocycles. The number of aryl methyl sites for hydroxylation is 2. The van der Waals surface area contributed by atoms with E-state index < -0.39 is 18.4 Å². The summed E-state index contributed by atoms with van der Waals surface area (Å²) in [6.45, 7) is 8.10. The van der Waals surface area contributed by atoms with Crippen LogP contribution in [-0.4, -0.2) is 49.6 Å². The minimum absolute atomic E-state index is 0.291. The maximum Gasteiger partial charge on any atom is 0.163 e. The third-order valence-electron chi connectivity index (χ3n) is 5.45. The van der Waals surface area contributed by atoms with E-state index in [1.807, 2.05) is 31.2 Å². The van der Waals surface area contributed by atoms with Gasteiger partial charge in [0.15, 0.2) is 5.82 Å². The molecule has 0 saturated carbocycles. The van der Waals surface area contributed by atoms with Gasteiger partial charge in [-0.1, -0.05) is 23.7 Å². The molecule has 1 aromatic carbocycles. The topological polar surface area (TPSA) is 95.6 Å². The Morgan fingerprint density at radius 2 is 1.87 bits per heavy atom. The number of thiophene rings is 1. The minimum atomic E-state index is -0.848. The van der Waals surface area contributed by atoms with Crippen LogP contribution in [0.1, 0.15) is 52.6 Å². The average molecular weight is 460 g/mol. The van der Waals surface area contributed by atoms with Crippen LogP contribution < -0.4 is 5.32 Å². The zero-order chi connectivity index (χ0) is 22.3. The lowest BCUT2D eigenvalue weighted by Crippen LogP contribution is -2.35. The first-order valence-electron chi connectivity index (χ1n) is 10.2. The van der Waals surface area contributed by atoms with Gasteiger partial charge in [0.2, 0.25) is 0 Å². The Labute approximate surface area is 190 Å². The van der Waals surface area contributed by atoms with E-state index in [-0.39, 0.29) is 0 Å². The lowest BCUT2D eigenvalue weighted by molar-refractivity contribution is 0.0951. The molecule has 0 bridgehead atoms. The maximum absolute atomic E-state index is 10.6. The van der Waals surface area contributed by atoms with Crippen LogP contribution in [-0.2, 0) is 0 Å². The van der Waals surface area contributed by atoms with E-state index in [1.165, 1.54) is 10.4 Å². The minimum Gasteiger partial charge on any atom is -0.392 e. The smallest absolute Gasteiger partial charge is 0.163 e. The summed E-state index contributed by atoms with van der Waals surface area (Å²) in [5.74, 6) is 1.48. The Morgan fingerprint density at radius 1 is 1.16 bits per heavy atom. The summed E-state index contributed by atoms with van der Waals surface area (Å²) in [6.07, 6.45) is -1.10. The first-order chi connectivity index (χ1) is 14.8. The van der Waals surface area contributed by atoms with Gasteiger partial charge < -0.3 is 10.2 Å². The first-order valence-corrected chi connectivity index (χ1v) is 11.4. The molecule has 2 aromatic heterocycles. The van der Waals surface area contributed by atoms with Gasteiger partial charge in [-0.3, -0.25) is 14.9 Å². The van der Waals surface area contributed by atoms with E-state index in [9.17, 15) is 10.2 Å². The summed E-state index contributed by atoms with van der Waals surface area (Å²) < 4.78 is 2.05. The number of halogens is 1. The molecule has 3 N–H and O–H groups in total. The Hall–Kier alpha value is -2.10. The fraction of sp³-hybridized carbons (Fsp3) is 0.409. The number of aliphatic hydroxyl groups excluding tert-OH is 2. The molecule has 3 aromatic rings. The van der Waals surface area contributed by atoms with Gasteiger partial charge in [0.25, 0.3) is 0 Å². The van der Waals surface area contributed by atoms with E-state index >= 15 is 0 Å². The van der Waals surface area contributed by atoms with Crippen molar-refractivity contribution in [2.75, 3.05) is 6.54 Å². The first kappa shape index (κ1) is 22.1. The van der Waals surface area contributed by atoms with Crippen molar-refractivity contribution in [2.45, 2.75) is 52.5 Å². The van der Waals surface area contributed by atoms with Crippen LogP contribution in [0, 0.1) is 20.8 Å². The fourth-order valence-electron chi connectivity index (χ4n) is 3.76. The molecule has 9 heteroatoms. The van der Waals surface area contributed by atoms with Crippen molar-refractivity contribution in [2.24, 2.45) is 4.99 Å². The molecular weight excluding hydrogens is 434 g/mol. The van der Waals surface area contributed by atoms with Gasteiger partial charge in [0.05, 0.1) is 11.8 Å². The number of fused-ring (bicyclic) bond motifs is 3. The van der Waals surface area contributed by atoms with E-state index in [2.05, 4.69) is 33.9 Å². The molecule has 31 heavy (non-hydrogen) atoms. The molecule has 0 fully saturated rings. The summed E-state index contributed by atoms with van der Waals surface area (Å²) in [7, 11) is 0. The van der Waals surface area contributed by atoms with Gasteiger partial charge in [0, 0.05) is 34.0 Å². The number of hydrogen-bond acceptors (Lipinski definition) is 7. The SMILES string of the molecule is Cc1sc2c(c1C)C(c1ccc(Cl)cc1)=N[C@@H](CC(O)NC[C@@H](C)O)c1nnc(C)n1-2. The molecule has 3 heterocycles. The number of aliphatic imine (C=N–C) groups is 1. The molecule has 0 amide bonds. The zero-order valence-electron chi connectivity index (χ0n) is 17.9. The highest BCUT2D eigenvalue weighted by Crippen LogP contribution is 2.39. The molecule has 1 aliphatic rings. The Balaban J connectivity index is 1.86. The second-order valence-corrected chi connectivity index (χ2v) is 9.55. The van der Waals surface area contributed by atoms with Crippen LogP contribution in [0.2, 0.25) is 5.02 Å². The lowest BCUT2D eigenvalue weighted by Gasteiger charge is -2.18. The summed E-state index contributed by atoms with van der Waals surface area (Å²) in [5, 5.41) is 33.5. The van der Waals surface area contributed by atoms with Gasteiger partial charge in [-0.2, -0.15) is 0 Å². The van der Waals surface area contributed by atoms with Crippen LogP contribution in [0.3, 0.4) is 0 Å². The van der Waals surface area contributed by atoms with Crippen molar-refractivity contribution in [3.05, 3.63) is 62.5 Å². The fourth-order valence-corrected chi connectivity index (χ4v) is 5.10. The molecular formula is C22H26ClN5O2S. The summed E-state index contributed by atoms with van der Waals surface area (Å²) >= 11 is 7.82. The number of nitrogens with one attached hydrogen (secondary N) is 1. The monoisotopic (exact) mass is 459 g/mol. The standard InChI is InChI=1S/C22H26ClN5O2S/c1-11(29)10-24-18(30)9-17-21-27-26-14(4)28(21)22-19(12(2)13(3)31-22)20(25-17)15-5-7-16(23)8-6-15/h5-8,11,17-18,24,29-30H,9-10H2,1-4H3/t11-,17+,18?/m1/s1. The van der Waals surface area contributed by atoms with E-state index in [4.69, 9.17) is 16.6 Å². The van der Waals surface area contributed by atoms with E-state index in [0.717, 1.165) is 27.7 Å². The third-order valence-corrected chi connectivity index (χ3v) is 6.90. The van der Waals surface area contributed by atoms with Gasteiger partial charge in [0.1, 0.15) is 23.1 Å². The number of nitrogens with zero attached hydrogens (tertiary/aromatic N) is 4. The highest BCUT2D eigenvalue weighted by Gasteiger charge is 2.32. The quantitative estimate of drug-likeness (QED) is 0.490. The molecule has 0 saturated heterocycles. The van der Waals surface area contributed by atoms with Crippen LogP contribution in [0.5, 0.6) is 0 Å². The van der Waals surface area contributed by atoms with Crippen LogP contribution in [0.4, 0.5) is 0 Å². The van der Waals surface area contributed by atoms with Crippen molar-refractivity contribution in [1.29, 1.82) is 0 Å². The van der Waals surface area contributed by atoms with Crippen molar-refractivity contribution in [3.8, 4) is 5.00 Å². The molecule has 0 spiro atoms. The lowest BCUT2D eigenvalue weighted by atomic mass is 9.99. The molecule has 4 rings (SSSR count). The molecule has 3 atom stereocenters. The van der Waals surface area contributed by atoms with Crippen LogP contribution in [0.25, 0.3) is 5.00 Å². The predicted octanol–water partition coefficient (Wildman–Crippen LogP) is 3.48. The summed E-state index contributed by atoms with van der Waals surface area (Å²) in [4.78, 5) is 6.32. The molecule has 164 valence electrons. The van der Waals surface area contributed by atoms with E-state index in [1.54, 1.807) is 18.3 Å². The van der Waals surface area contributed by atoms with Gasteiger partial charge in [-0.15, -0.1) is 21.5 Å². The van der Waals surface area contributed by atoms with Gasteiger partial charge >= 0.3 is 0 Å². The van der Waals surface area contributed by atoms with Crippen LogP contribution >= 0.6 is 22.9 Å². The number of rotatable bonds is 6. The number of aromatic nitrogens is 3. The average Bonchev–Trinajstić information content (AvgIpc) is 3.19. The zero-order valence-corrected chi connectivity index (χ0v) is 19.5. The number of aliphatic hydroxyl groups is 2. The Kier molecular flexibility index (Phi) is 6.27. The molecule has 1 aliphatic heterocycles. The maximum atomic E-state index is 10.6. The second-order valence-electron chi connectivity index (χ2n) is 7.91. The Morgan fingerprint density at radius 3 is 2.55 bits per heavy atom. The summed E-state index contributed by atoms with van der Waals surface area (Å²) in [6, 6.07) is 7.24. The Bertz CT molecular complexity index is 1120. The van der Waals surface area contributed by atoms with Crippen molar-refractivity contribution in [1.82, 2.24) is 20.1 Å². The normalized spacial score (nSPS) is 17.5. The second kappa shape index (κ2) is 8.80. The van der Waals surface area contributed by atoms with Crippen LogP contribution in [0.15, 0.2) is 29.3 Å². The molecule has 7 nitrogen and oxygen atoms in total.